The van der Waals surface area contributed by atoms with Gasteiger partial charge in [-0.2, -0.15) is 0 Å². The zero-order valence-corrected chi connectivity index (χ0v) is 9.83. The van der Waals surface area contributed by atoms with E-state index in [9.17, 15) is 0 Å². The Labute approximate surface area is 97.0 Å². The van der Waals surface area contributed by atoms with Gasteiger partial charge >= 0.3 is 0 Å². The van der Waals surface area contributed by atoms with E-state index in [1.54, 1.807) is 0 Å². The minimum Gasteiger partial charge on any atom is -0.372 e. The number of fused-ring (bicyclic) bond motifs is 1. The Morgan fingerprint density at radius 3 is 3.12 bits per heavy atom. The molecule has 0 amide bonds. The SMILES string of the molecule is Cc1cccc2c1[C@H]([C@@H]1CCCN1)OCC2. The third-order valence-electron chi connectivity index (χ3n) is 3.83. The molecule has 2 heterocycles. The second-order valence-corrected chi connectivity index (χ2v) is 4.89. The molecule has 0 unspecified atom stereocenters. The van der Waals surface area contributed by atoms with Gasteiger partial charge in [-0.05, 0) is 49.4 Å². The van der Waals surface area contributed by atoms with Crippen LogP contribution in [0.15, 0.2) is 18.2 Å². The van der Waals surface area contributed by atoms with Gasteiger partial charge in [0.1, 0.15) is 0 Å². The fraction of sp³-hybridized carbons (Fsp3) is 0.571. The Hall–Kier alpha value is -0.860. The fourth-order valence-electron chi connectivity index (χ4n) is 3.03. The smallest absolute Gasteiger partial charge is 0.0983 e. The van der Waals surface area contributed by atoms with Crippen LogP contribution < -0.4 is 5.32 Å². The number of aryl methyl sites for hydroxylation is 1. The fourth-order valence-corrected chi connectivity index (χ4v) is 3.03. The highest BCUT2D eigenvalue weighted by molar-refractivity contribution is 5.38. The molecule has 86 valence electrons. The van der Waals surface area contributed by atoms with E-state index < -0.39 is 0 Å². The zero-order chi connectivity index (χ0) is 11.0. The van der Waals surface area contributed by atoms with Crippen LogP contribution >= 0.6 is 0 Å². The summed E-state index contributed by atoms with van der Waals surface area (Å²) < 4.78 is 6.01. The van der Waals surface area contributed by atoms with Crippen molar-refractivity contribution in [2.24, 2.45) is 0 Å². The van der Waals surface area contributed by atoms with Gasteiger partial charge in [0.2, 0.25) is 0 Å². The molecule has 0 aliphatic carbocycles. The zero-order valence-electron chi connectivity index (χ0n) is 9.83. The molecule has 2 heteroatoms. The normalized spacial score (nSPS) is 29.1. The lowest BCUT2D eigenvalue weighted by Gasteiger charge is -2.32. The molecule has 2 aliphatic heterocycles. The second-order valence-electron chi connectivity index (χ2n) is 4.89. The van der Waals surface area contributed by atoms with Crippen molar-refractivity contribution in [1.82, 2.24) is 5.32 Å². The average Bonchev–Trinajstić information content (AvgIpc) is 2.82. The number of benzene rings is 1. The predicted octanol–water partition coefficient (Wildman–Crippen LogP) is 2.36. The molecule has 1 N–H and O–H groups in total. The van der Waals surface area contributed by atoms with Crippen LogP contribution in [-0.4, -0.2) is 19.2 Å². The molecular weight excluding hydrogens is 198 g/mol. The molecule has 0 aromatic heterocycles. The summed E-state index contributed by atoms with van der Waals surface area (Å²) in [4.78, 5) is 0. The highest BCUT2D eigenvalue weighted by Gasteiger charge is 2.31. The summed E-state index contributed by atoms with van der Waals surface area (Å²) in [5, 5.41) is 3.57. The second kappa shape index (κ2) is 4.19. The van der Waals surface area contributed by atoms with Crippen LogP contribution in [-0.2, 0) is 11.2 Å². The maximum Gasteiger partial charge on any atom is 0.0983 e. The summed E-state index contributed by atoms with van der Waals surface area (Å²) in [5.74, 6) is 0. The van der Waals surface area contributed by atoms with E-state index in [0.29, 0.717) is 6.04 Å². The summed E-state index contributed by atoms with van der Waals surface area (Å²) in [5.41, 5.74) is 4.33. The Kier molecular flexibility index (Phi) is 2.70. The molecule has 1 aromatic carbocycles. The van der Waals surface area contributed by atoms with E-state index in [-0.39, 0.29) is 6.10 Å². The van der Waals surface area contributed by atoms with Crippen LogP contribution in [0.25, 0.3) is 0 Å². The van der Waals surface area contributed by atoms with Gasteiger partial charge in [-0.3, -0.25) is 0 Å². The number of ether oxygens (including phenoxy) is 1. The van der Waals surface area contributed by atoms with Gasteiger partial charge in [0.05, 0.1) is 12.7 Å². The highest BCUT2D eigenvalue weighted by Crippen LogP contribution is 2.34. The van der Waals surface area contributed by atoms with Crippen molar-refractivity contribution in [2.45, 2.75) is 38.3 Å². The van der Waals surface area contributed by atoms with Crippen molar-refractivity contribution in [3.8, 4) is 0 Å². The lowest BCUT2D eigenvalue weighted by atomic mass is 9.89. The molecule has 0 bridgehead atoms. The predicted molar refractivity (Wildman–Crippen MR) is 64.6 cm³/mol. The Bertz CT molecular complexity index is 382. The van der Waals surface area contributed by atoms with E-state index >= 15 is 0 Å². The monoisotopic (exact) mass is 217 g/mol. The molecule has 16 heavy (non-hydrogen) atoms. The van der Waals surface area contributed by atoms with Crippen LogP contribution in [0.4, 0.5) is 0 Å². The Balaban J connectivity index is 1.98. The summed E-state index contributed by atoms with van der Waals surface area (Å²) in [7, 11) is 0. The van der Waals surface area contributed by atoms with Gasteiger partial charge in [-0.25, -0.2) is 0 Å². The van der Waals surface area contributed by atoms with Crippen molar-refractivity contribution >= 4 is 0 Å². The summed E-state index contributed by atoms with van der Waals surface area (Å²) >= 11 is 0. The van der Waals surface area contributed by atoms with Crippen LogP contribution in [0.5, 0.6) is 0 Å². The largest absolute Gasteiger partial charge is 0.372 e. The van der Waals surface area contributed by atoms with Crippen molar-refractivity contribution in [2.75, 3.05) is 13.2 Å². The van der Waals surface area contributed by atoms with Gasteiger partial charge < -0.3 is 10.1 Å². The summed E-state index contributed by atoms with van der Waals surface area (Å²) in [6, 6.07) is 7.15. The first-order valence-corrected chi connectivity index (χ1v) is 6.29. The molecule has 2 atom stereocenters. The molecule has 0 radical (unpaired) electrons. The van der Waals surface area contributed by atoms with Gasteiger partial charge in [0.25, 0.3) is 0 Å². The minimum atomic E-state index is 0.285. The van der Waals surface area contributed by atoms with Gasteiger partial charge in [-0.15, -0.1) is 0 Å². The first kappa shape index (κ1) is 10.3. The van der Waals surface area contributed by atoms with Crippen LogP contribution in [0.2, 0.25) is 0 Å². The molecule has 1 fully saturated rings. The molecule has 1 saturated heterocycles. The average molecular weight is 217 g/mol. The van der Waals surface area contributed by atoms with Crippen molar-refractivity contribution in [3.63, 3.8) is 0 Å². The molecule has 0 saturated carbocycles. The van der Waals surface area contributed by atoms with E-state index in [2.05, 4.69) is 30.4 Å². The van der Waals surface area contributed by atoms with Gasteiger partial charge in [0, 0.05) is 6.04 Å². The summed E-state index contributed by atoms with van der Waals surface area (Å²) in [6.07, 6.45) is 3.89. The van der Waals surface area contributed by atoms with E-state index in [1.807, 2.05) is 0 Å². The lowest BCUT2D eigenvalue weighted by molar-refractivity contribution is 0.0195. The quantitative estimate of drug-likeness (QED) is 0.779. The maximum absolute atomic E-state index is 6.01. The number of rotatable bonds is 1. The van der Waals surface area contributed by atoms with Crippen LogP contribution in [0.1, 0.15) is 35.6 Å². The third-order valence-corrected chi connectivity index (χ3v) is 3.83. The van der Waals surface area contributed by atoms with E-state index in [0.717, 1.165) is 19.6 Å². The van der Waals surface area contributed by atoms with Crippen LogP contribution in [0.3, 0.4) is 0 Å². The molecular formula is C14H19NO. The van der Waals surface area contributed by atoms with Crippen molar-refractivity contribution in [1.29, 1.82) is 0 Å². The third kappa shape index (κ3) is 1.66. The van der Waals surface area contributed by atoms with Gasteiger partial charge in [-0.1, -0.05) is 18.2 Å². The van der Waals surface area contributed by atoms with E-state index in [4.69, 9.17) is 4.74 Å². The highest BCUT2D eigenvalue weighted by atomic mass is 16.5. The molecule has 1 aromatic rings. The van der Waals surface area contributed by atoms with E-state index in [1.165, 1.54) is 29.5 Å². The number of nitrogens with one attached hydrogen (secondary N) is 1. The van der Waals surface area contributed by atoms with Crippen molar-refractivity contribution < 1.29 is 4.74 Å². The first-order chi connectivity index (χ1) is 7.86. The van der Waals surface area contributed by atoms with Gasteiger partial charge in [0.15, 0.2) is 0 Å². The number of hydrogen-bond acceptors (Lipinski definition) is 2. The molecule has 0 spiro atoms. The standard InChI is InChI=1S/C14H19NO/c1-10-4-2-5-11-7-9-16-14(13(10)11)12-6-3-8-15-12/h2,4-5,12,14-15H,3,6-9H2,1H3/t12-,14-/m0/s1. The minimum absolute atomic E-state index is 0.285. The lowest BCUT2D eigenvalue weighted by Crippen LogP contribution is -2.34. The first-order valence-electron chi connectivity index (χ1n) is 6.29. The Morgan fingerprint density at radius 2 is 2.31 bits per heavy atom. The van der Waals surface area contributed by atoms with Crippen molar-refractivity contribution in [3.05, 3.63) is 34.9 Å². The Morgan fingerprint density at radius 1 is 1.38 bits per heavy atom. The topological polar surface area (TPSA) is 21.3 Å². The summed E-state index contributed by atoms with van der Waals surface area (Å²) in [6.45, 7) is 4.22. The molecule has 2 nitrogen and oxygen atoms in total. The maximum atomic E-state index is 6.01. The molecule has 2 aliphatic rings. The van der Waals surface area contributed by atoms with Crippen LogP contribution in [0, 0.1) is 6.92 Å². The number of hydrogen-bond donors (Lipinski definition) is 1. The molecule has 3 rings (SSSR count).